The summed E-state index contributed by atoms with van der Waals surface area (Å²) < 4.78 is 41.4. The molecule has 4 aliphatic rings. The fourth-order valence-electron chi connectivity index (χ4n) is 8.45. The molecule has 13 heteroatoms. The van der Waals surface area contributed by atoms with Crippen LogP contribution in [-0.2, 0) is 33.5 Å². The summed E-state index contributed by atoms with van der Waals surface area (Å²) in [6.07, 6.45) is 11.2. The summed E-state index contributed by atoms with van der Waals surface area (Å²) in [5.41, 5.74) is 3.42. The van der Waals surface area contributed by atoms with E-state index in [-0.39, 0.29) is 34.4 Å². The number of aromatic nitrogens is 2. The monoisotopic (exact) mass is 749 g/mol. The minimum atomic E-state index is -3.67. The molecule has 2 bridgehead atoms. The number of carbonyl (C=O) groups excluding carboxylic acids is 2. The van der Waals surface area contributed by atoms with E-state index in [0.29, 0.717) is 37.2 Å². The number of halogens is 1. The van der Waals surface area contributed by atoms with Gasteiger partial charge < -0.3 is 19.1 Å². The van der Waals surface area contributed by atoms with Crippen LogP contribution < -0.4 is 19.1 Å². The number of hydrogen-bond acceptors (Lipinski definition) is 8. The lowest BCUT2D eigenvalue weighted by molar-refractivity contribution is 0.0131. The van der Waals surface area contributed by atoms with Gasteiger partial charge in [-0.15, -0.1) is 9.46 Å². The Bertz CT molecular complexity index is 2020. The van der Waals surface area contributed by atoms with Gasteiger partial charge >= 0.3 is 0 Å². The van der Waals surface area contributed by atoms with Gasteiger partial charge in [0.05, 0.1) is 30.8 Å². The van der Waals surface area contributed by atoms with Crippen molar-refractivity contribution in [3.63, 3.8) is 0 Å². The molecular formula is C39H48ClN5O6S. The maximum atomic E-state index is 14.9. The molecule has 0 radical (unpaired) electrons. The first-order valence-electron chi connectivity index (χ1n) is 18.1. The van der Waals surface area contributed by atoms with Gasteiger partial charge in [-0.3, -0.25) is 19.0 Å². The molecule has 2 aliphatic carbocycles. The molecular weight excluding hydrogens is 702 g/mol. The third-order valence-corrected chi connectivity index (χ3v) is 14.4. The van der Waals surface area contributed by atoms with Crippen molar-refractivity contribution >= 4 is 39.0 Å². The van der Waals surface area contributed by atoms with E-state index >= 15 is 0 Å². The number of fused-ring (bicyclic) bond motifs is 4. The van der Waals surface area contributed by atoms with Gasteiger partial charge in [-0.25, -0.2) is 4.21 Å². The maximum Gasteiger partial charge on any atom is 0.286 e. The highest BCUT2D eigenvalue weighted by Gasteiger charge is 2.44. The number of methoxy groups -OCH3 is 2. The highest BCUT2D eigenvalue weighted by atomic mass is 35.5. The SMILES string of the molecule is COc1nn(C)cc1C(=O)N[S@@]1(=O)=NC(=O)c2ccc3c(c2)N(C[C@@H]2CC[C@H]2[C@@H](OC)/C=C/C[C@H](C)[C@H]1C)C[C@@]1(CCCc2cc(Cl)ccc21)CO3. The van der Waals surface area contributed by atoms with Crippen LogP contribution >= 0.6 is 11.6 Å². The zero-order valence-corrected chi connectivity index (χ0v) is 32.0. The topological polar surface area (TPSA) is 124 Å². The lowest BCUT2D eigenvalue weighted by atomic mass is 9.68. The molecule has 1 saturated carbocycles. The summed E-state index contributed by atoms with van der Waals surface area (Å²) >= 11 is 6.46. The minimum absolute atomic E-state index is 0.0805. The van der Waals surface area contributed by atoms with Gasteiger partial charge in [0.25, 0.3) is 11.8 Å². The molecule has 1 aromatic heterocycles. The molecule has 2 aliphatic heterocycles. The molecule has 2 amide bonds. The molecule has 1 fully saturated rings. The number of nitrogens with zero attached hydrogens (tertiary/aromatic N) is 4. The summed E-state index contributed by atoms with van der Waals surface area (Å²) in [5.74, 6) is -0.109. The Morgan fingerprint density at radius 2 is 1.98 bits per heavy atom. The first-order valence-corrected chi connectivity index (χ1v) is 20.1. The number of allylic oxidation sites excluding steroid dienone is 1. The van der Waals surface area contributed by atoms with E-state index in [4.69, 9.17) is 25.8 Å². The number of aryl methyl sites for hydroxylation is 2. The first kappa shape index (κ1) is 36.5. The zero-order valence-electron chi connectivity index (χ0n) is 30.5. The third-order valence-electron chi connectivity index (χ3n) is 11.7. The average Bonchev–Trinajstić information content (AvgIpc) is 3.43. The summed E-state index contributed by atoms with van der Waals surface area (Å²) in [6, 6.07) is 11.5. The van der Waals surface area contributed by atoms with Gasteiger partial charge in [0.2, 0.25) is 5.88 Å². The Morgan fingerprint density at radius 3 is 2.73 bits per heavy atom. The largest absolute Gasteiger partial charge is 0.490 e. The first-order chi connectivity index (χ1) is 24.9. The second-order valence-electron chi connectivity index (χ2n) is 15.0. The van der Waals surface area contributed by atoms with Crippen LogP contribution in [0.1, 0.15) is 77.8 Å². The molecule has 7 atom stereocenters. The van der Waals surface area contributed by atoms with Crippen molar-refractivity contribution in [2.24, 2.45) is 29.2 Å². The van der Waals surface area contributed by atoms with E-state index in [2.05, 4.69) is 43.4 Å². The van der Waals surface area contributed by atoms with Gasteiger partial charge in [-0.1, -0.05) is 36.7 Å². The Balaban J connectivity index is 1.33. The highest BCUT2D eigenvalue weighted by molar-refractivity contribution is 7.93. The molecule has 2 aromatic carbocycles. The number of anilines is 1. The lowest BCUT2D eigenvalue weighted by Gasteiger charge is -2.46. The van der Waals surface area contributed by atoms with Gasteiger partial charge in [0.1, 0.15) is 21.2 Å². The summed E-state index contributed by atoms with van der Waals surface area (Å²) in [5, 5.41) is 4.20. The van der Waals surface area contributed by atoms with Gasteiger partial charge in [0, 0.05) is 49.4 Å². The van der Waals surface area contributed by atoms with Crippen molar-refractivity contribution in [3.05, 3.63) is 82.0 Å². The number of amides is 2. The van der Waals surface area contributed by atoms with Crippen LogP contribution in [0.3, 0.4) is 0 Å². The normalized spacial score (nSPS) is 30.8. The molecule has 7 rings (SSSR count). The lowest BCUT2D eigenvalue weighted by Crippen LogP contribution is -2.49. The number of hydrogen-bond donors (Lipinski definition) is 1. The van der Waals surface area contributed by atoms with Crippen molar-refractivity contribution < 1.29 is 28.0 Å². The Hall–Kier alpha value is -3.87. The number of rotatable bonds is 4. The standard InChI is InChI=1S/C39H48ClN5O6S/c1-24-8-6-10-34(49-4)30-14-11-28(30)20-45-22-39(17-7-9-26-18-29(40)13-15-32(26)39)23-51-35-16-12-27(19-33(35)45)36(46)42-52(48,25(24)2)43-37(47)31-21-44(3)41-38(31)50-5/h6,10,12-13,15-16,18-19,21,24-25,28,30,34H,7-9,11,14,17,20,22-23H2,1-5H3,(H,42,43,46,47,48)/b10-6+/t24-,25+,28-,30+,34-,39-,52-/m0/s1. The zero-order chi connectivity index (χ0) is 36.8. The number of benzene rings is 2. The van der Waals surface area contributed by atoms with Crippen LogP contribution in [0.2, 0.25) is 5.02 Å². The molecule has 3 heterocycles. The number of carbonyl (C=O) groups is 2. The summed E-state index contributed by atoms with van der Waals surface area (Å²) in [7, 11) is 1.15. The van der Waals surface area contributed by atoms with Gasteiger partial charge in [-0.05, 0) is 105 Å². The fourth-order valence-corrected chi connectivity index (χ4v) is 10.5. The molecule has 1 N–H and O–H groups in total. The summed E-state index contributed by atoms with van der Waals surface area (Å²) in [4.78, 5) is 30.2. The van der Waals surface area contributed by atoms with Crippen LogP contribution in [0, 0.1) is 17.8 Å². The minimum Gasteiger partial charge on any atom is -0.490 e. The van der Waals surface area contributed by atoms with Crippen LogP contribution in [0.15, 0.2) is 59.1 Å². The van der Waals surface area contributed by atoms with Gasteiger partial charge in [-0.2, -0.15) is 0 Å². The Labute approximate surface area is 311 Å². The van der Waals surface area contributed by atoms with Crippen molar-refractivity contribution in [1.29, 1.82) is 0 Å². The number of ether oxygens (including phenoxy) is 3. The van der Waals surface area contributed by atoms with Crippen molar-refractivity contribution in [2.75, 3.05) is 38.8 Å². The third kappa shape index (κ3) is 6.85. The van der Waals surface area contributed by atoms with Crippen LogP contribution in [0.4, 0.5) is 5.69 Å². The molecule has 3 aromatic rings. The molecule has 278 valence electrons. The number of nitrogens with one attached hydrogen (secondary N) is 1. The highest BCUT2D eigenvalue weighted by Crippen LogP contribution is 2.47. The Morgan fingerprint density at radius 1 is 1.15 bits per heavy atom. The summed E-state index contributed by atoms with van der Waals surface area (Å²) in [6.45, 7) is 5.68. The van der Waals surface area contributed by atoms with E-state index < -0.39 is 27.0 Å². The molecule has 0 unspecified atom stereocenters. The van der Waals surface area contributed by atoms with E-state index in [1.54, 1.807) is 27.1 Å². The van der Waals surface area contributed by atoms with Gasteiger partial charge in [0.15, 0.2) is 0 Å². The second kappa shape index (κ2) is 14.5. The Kier molecular flexibility index (Phi) is 10.2. The molecule has 11 nitrogen and oxygen atoms in total. The van der Waals surface area contributed by atoms with Crippen molar-refractivity contribution in [3.8, 4) is 11.6 Å². The van der Waals surface area contributed by atoms with Crippen LogP contribution in [-0.4, -0.2) is 71.1 Å². The van der Waals surface area contributed by atoms with E-state index in [1.165, 1.54) is 29.1 Å². The van der Waals surface area contributed by atoms with Crippen LogP contribution in [0.5, 0.6) is 11.6 Å². The molecule has 0 saturated heterocycles. The van der Waals surface area contributed by atoms with E-state index in [9.17, 15) is 13.8 Å². The van der Waals surface area contributed by atoms with Crippen molar-refractivity contribution in [1.82, 2.24) is 14.5 Å². The quantitative estimate of drug-likeness (QED) is 0.299. The predicted molar refractivity (Wildman–Crippen MR) is 202 cm³/mol. The second-order valence-corrected chi connectivity index (χ2v) is 17.7. The fraction of sp³-hybridized carbons (Fsp3) is 0.513. The smallest absolute Gasteiger partial charge is 0.286 e. The predicted octanol–water partition coefficient (Wildman–Crippen LogP) is 6.53. The molecule has 1 spiro atoms. The average molecular weight is 750 g/mol. The molecule has 52 heavy (non-hydrogen) atoms. The van der Waals surface area contributed by atoms with E-state index in [0.717, 1.165) is 49.4 Å². The maximum absolute atomic E-state index is 14.9. The van der Waals surface area contributed by atoms with E-state index in [1.807, 2.05) is 25.1 Å². The van der Waals surface area contributed by atoms with Crippen molar-refractivity contribution in [2.45, 2.75) is 69.1 Å². The van der Waals surface area contributed by atoms with Crippen LogP contribution in [0.25, 0.3) is 0 Å².